The van der Waals surface area contributed by atoms with Crippen LogP contribution in [0.4, 0.5) is 33.6 Å². The molecule has 0 aliphatic heterocycles. The lowest BCUT2D eigenvalue weighted by molar-refractivity contribution is 0.0519. The predicted molar refractivity (Wildman–Crippen MR) is 201 cm³/mol. The third-order valence-electron chi connectivity index (χ3n) is 6.73. The van der Waals surface area contributed by atoms with Crippen molar-refractivity contribution in [1.82, 2.24) is 25.6 Å². The quantitative estimate of drug-likeness (QED) is 0.0380. The van der Waals surface area contributed by atoms with Crippen LogP contribution in [0.5, 0.6) is 0 Å². The first kappa shape index (κ1) is 39.3. The number of halogens is 2. The zero-order valence-electron chi connectivity index (χ0n) is 28.0. The number of alkyl halides is 1. The molecule has 0 aliphatic carbocycles. The third kappa shape index (κ3) is 15.5. The highest BCUT2D eigenvalue weighted by Crippen LogP contribution is 2.19. The van der Waals surface area contributed by atoms with Gasteiger partial charge in [-0.05, 0) is 60.7 Å². The number of benzene rings is 3. The molecule has 51 heavy (non-hydrogen) atoms. The molecule has 0 saturated carbocycles. The molecule has 0 bridgehead atoms. The predicted octanol–water partition coefficient (Wildman–Crippen LogP) is 4.57. The highest BCUT2D eigenvalue weighted by Gasteiger charge is 2.10. The van der Waals surface area contributed by atoms with Crippen LogP contribution in [0, 0.1) is 5.82 Å². The lowest BCUT2D eigenvalue weighted by atomic mass is 10.2. The second kappa shape index (κ2) is 23.1. The van der Waals surface area contributed by atoms with E-state index in [1.807, 2.05) is 18.2 Å². The highest BCUT2D eigenvalue weighted by molar-refractivity contribution is 14.1. The number of rotatable bonds is 24. The van der Waals surface area contributed by atoms with E-state index < -0.39 is 0 Å². The Balaban J connectivity index is 1.21. The number of ether oxygens (including phenoxy) is 4. The number of nitrogens with one attached hydrogen (secondary N) is 5. The van der Waals surface area contributed by atoms with E-state index in [0.29, 0.717) is 95.0 Å². The number of amides is 2. The maximum Gasteiger partial charge on any atom is 0.251 e. The molecule has 4 aromatic rings. The molecule has 2 amide bonds. The standard InChI is InChI=1S/C35H42FIN8O6/c36-28-8-12-30(13-9-28)42-35-44-33(40-17-21-51-25-24-50-19-15-38-31(46)26-4-2-1-3-5-26)43-34(45-35)41-29-10-6-27(7-11-29)32(47)39-16-20-49-23-22-48-18-14-37/h1-13H,14-25H2,(H,38,46)(H,39,47)(H3,40,41,42,43,44,45). The fourth-order valence-electron chi connectivity index (χ4n) is 4.26. The van der Waals surface area contributed by atoms with Crippen molar-refractivity contribution in [2.45, 2.75) is 0 Å². The van der Waals surface area contributed by atoms with E-state index in [1.54, 1.807) is 48.5 Å². The Morgan fingerprint density at radius 1 is 0.549 bits per heavy atom. The summed E-state index contributed by atoms with van der Waals surface area (Å²) in [5, 5.41) is 15.0. The fraction of sp³-hybridized carbons (Fsp3) is 0.343. The van der Waals surface area contributed by atoms with Crippen LogP contribution in [-0.2, 0) is 18.9 Å². The molecule has 14 nitrogen and oxygen atoms in total. The van der Waals surface area contributed by atoms with Crippen molar-refractivity contribution in [3.05, 3.63) is 95.8 Å². The number of aromatic nitrogens is 3. The number of carbonyl (C=O) groups excluding carboxylic acids is 2. The van der Waals surface area contributed by atoms with Crippen LogP contribution in [0.3, 0.4) is 0 Å². The van der Waals surface area contributed by atoms with Gasteiger partial charge in [0.25, 0.3) is 11.8 Å². The average Bonchev–Trinajstić information content (AvgIpc) is 3.15. The van der Waals surface area contributed by atoms with Gasteiger partial charge in [0.2, 0.25) is 17.8 Å². The van der Waals surface area contributed by atoms with Gasteiger partial charge in [-0.25, -0.2) is 4.39 Å². The monoisotopic (exact) mass is 816 g/mol. The van der Waals surface area contributed by atoms with Gasteiger partial charge < -0.3 is 45.5 Å². The van der Waals surface area contributed by atoms with Crippen molar-refractivity contribution >= 4 is 63.6 Å². The molecule has 0 radical (unpaired) electrons. The first-order valence-electron chi connectivity index (χ1n) is 16.4. The molecule has 0 atom stereocenters. The van der Waals surface area contributed by atoms with Gasteiger partial charge in [-0.3, -0.25) is 9.59 Å². The van der Waals surface area contributed by atoms with E-state index in [4.69, 9.17) is 18.9 Å². The largest absolute Gasteiger partial charge is 0.378 e. The molecule has 5 N–H and O–H groups in total. The van der Waals surface area contributed by atoms with E-state index in [9.17, 15) is 14.0 Å². The van der Waals surface area contributed by atoms with E-state index in [1.165, 1.54) is 12.1 Å². The van der Waals surface area contributed by atoms with Crippen molar-refractivity contribution < 1.29 is 32.9 Å². The second-order valence-corrected chi connectivity index (χ2v) is 11.7. The maximum atomic E-state index is 13.4. The van der Waals surface area contributed by atoms with Crippen molar-refractivity contribution in [2.24, 2.45) is 0 Å². The Kier molecular flexibility index (Phi) is 17.8. The summed E-state index contributed by atoms with van der Waals surface area (Å²) in [6.45, 7) is 4.72. The number of hydrogen-bond acceptors (Lipinski definition) is 12. The van der Waals surface area contributed by atoms with E-state index in [0.717, 1.165) is 4.43 Å². The van der Waals surface area contributed by atoms with Crippen LogP contribution in [0.1, 0.15) is 20.7 Å². The molecule has 1 heterocycles. The molecule has 4 rings (SSSR count). The van der Waals surface area contributed by atoms with Gasteiger partial charge in [-0.15, -0.1) is 0 Å². The van der Waals surface area contributed by atoms with Crippen LogP contribution < -0.4 is 26.6 Å². The van der Waals surface area contributed by atoms with Gasteiger partial charge in [0, 0.05) is 46.6 Å². The Labute approximate surface area is 309 Å². The summed E-state index contributed by atoms with van der Waals surface area (Å²) in [6.07, 6.45) is 0. The minimum absolute atomic E-state index is 0.145. The molecular formula is C35H42FIN8O6. The molecule has 272 valence electrons. The summed E-state index contributed by atoms with van der Waals surface area (Å²) in [4.78, 5) is 38.0. The van der Waals surface area contributed by atoms with Gasteiger partial charge >= 0.3 is 0 Å². The molecule has 0 saturated heterocycles. The Morgan fingerprint density at radius 3 is 1.53 bits per heavy atom. The van der Waals surface area contributed by atoms with Crippen molar-refractivity contribution in [1.29, 1.82) is 0 Å². The van der Waals surface area contributed by atoms with Gasteiger partial charge in [-0.2, -0.15) is 15.0 Å². The average molecular weight is 817 g/mol. The number of nitrogens with zero attached hydrogens (tertiary/aromatic N) is 3. The highest BCUT2D eigenvalue weighted by atomic mass is 127. The number of anilines is 5. The smallest absolute Gasteiger partial charge is 0.251 e. The van der Waals surface area contributed by atoms with Crippen molar-refractivity contribution in [3.8, 4) is 0 Å². The molecule has 0 aliphatic rings. The van der Waals surface area contributed by atoms with Crippen LogP contribution in [-0.4, -0.2) is 104 Å². The Hall–Kier alpha value is -4.49. The molecule has 0 fully saturated rings. The summed E-state index contributed by atoms with van der Waals surface area (Å²) in [6, 6.07) is 21.7. The maximum absolute atomic E-state index is 13.4. The van der Waals surface area contributed by atoms with Crippen LogP contribution >= 0.6 is 22.6 Å². The molecule has 0 unspecified atom stereocenters. The lowest BCUT2D eigenvalue weighted by Gasteiger charge is -2.12. The minimum Gasteiger partial charge on any atom is -0.378 e. The zero-order chi connectivity index (χ0) is 35.9. The van der Waals surface area contributed by atoms with Crippen molar-refractivity contribution in [2.75, 3.05) is 92.9 Å². The molecule has 3 aromatic carbocycles. The summed E-state index contributed by atoms with van der Waals surface area (Å²) >= 11 is 2.25. The van der Waals surface area contributed by atoms with E-state index in [-0.39, 0.29) is 35.5 Å². The topological polar surface area (TPSA) is 170 Å². The fourth-order valence-corrected chi connectivity index (χ4v) is 4.58. The van der Waals surface area contributed by atoms with Crippen molar-refractivity contribution in [3.63, 3.8) is 0 Å². The third-order valence-corrected chi connectivity index (χ3v) is 7.17. The normalized spacial score (nSPS) is 10.8. The molecular weight excluding hydrogens is 774 g/mol. The second-order valence-electron chi connectivity index (χ2n) is 10.6. The zero-order valence-corrected chi connectivity index (χ0v) is 30.2. The summed E-state index contributed by atoms with van der Waals surface area (Å²) in [5.74, 6) is 0.0200. The van der Waals surface area contributed by atoms with Crippen LogP contribution in [0.2, 0.25) is 0 Å². The minimum atomic E-state index is -0.362. The summed E-state index contributed by atoms with van der Waals surface area (Å²) in [5.41, 5.74) is 2.33. The molecule has 16 heteroatoms. The summed E-state index contributed by atoms with van der Waals surface area (Å²) < 4.78 is 36.4. The number of carbonyl (C=O) groups is 2. The van der Waals surface area contributed by atoms with Gasteiger partial charge in [0.15, 0.2) is 0 Å². The van der Waals surface area contributed by atoms with Gasteiger partial charge in [0.05, 0.1) is 52.9 Å². The van der Waals surface area contributed by atoms with E-state index >= 15 is 0 Å². The molecule has 0 spiro atoms. The van der Waals surface area contributed by atoms with Crippen LogP contribution in [0.15, 0.2) is 78.9 Å². The first-order chi connectivity index (χ1) is 25.0. The SMILES string of the molecule is O=C(NCCOCCOCCI)c1ccc(Nc2nc(NCCOCCOCCNC(=O)c3ccccc3)nc(Nc3ccc(F)cc3)n2)cc1. The van der Waals surface area contributed by atoms with E-state index in [2.05, 4.69) is 64.1 Å². The Bertz CT molecular complexity index is 1610. The van der Waals surface area contributed by atoms with Gasteiger partial charge in [0.1, 0.15) is 5.82 Å². The number of hydrogen-bond donors (Lipinski definition) is 5. The van der Waals surface area contributed by atoms with Crippen LogP contribution in [0.25, 0.3) is 0 Å². The summed E-state index contributed by atoms with van der Waals surface area (Å²) in [7, 11) is 0. The van der Waals surface area contributed by atoms with Gasteiger partial charge in [-0.1, -0.05) is 40.8 Å². The Morgan fingerprint density at radius 2 is 1.00 bits per heavy atom. The lowest BCUT2D eigenvalue weighted by Crippen LogP contribution is -2.27. The first-order valence-corrected chi connectivity index (χ1v) is 17.9. The molecule has 1 aromatic heterocycles.